The normalized spacial score (nSPS) is 17.8. The average molecular weight is 516 g/mol. The third-order valence-electron chi connectivity index (χ3n) is 7.45. The number of rotatable bonds is 7. The smallest absolute Gasteiger partial charge is 0.252 e. The highest BCUT2D eigenvalue weighted by molar-refractivity contribution is 5.87. The molecule has 2 aromatic heterocycles. The minimum atomic E-state index is -0.107. The van der Waals surface area contributed by atoms with Crippen molar-refractivity contribution in [1.29, 1.82) is 0 Å². The Bertz CT molecular complexity index is 1410. The van der Waals surface area contributed by atoms with Gasteiger partial charge in [-0.15, -0.1) is 0 Å². The number of fused-ring (bicyclic) bond motifs is 1. The SMILES string of the molecule is C=CC(=O)N1CC(CCn2c(=O)ccc3cnc(Nc4ccc(N5CCN(C(C)=O)[C@H](C)C5)cc4)nc32)C1. The quantitative estimate of drug-likeness (QED) is 0.483. The van der Waals surface area contributed by atoms with Crippen LogP contribution in [-0.4, -0.2) is 74.9 Å². The van der Waals surface area contributed by atoms with Gasteiger partial charge in [0.25, 0.3) is 5.56 Å². The molecule has 0 aliphatic carbocycles. The van der Waals surface area contributed by atoms with Crippen LogP contribution in [0.4, 0.5) is 17.3 Å². The van der Waals surface area contributed by atoms with Gasteiger partial charge in [0.2, 0.25) is 17.8 Å². The van der Waals surface area contributed by atoms with Gasteiger partial charge in [0.1, 0.15) is 5.65 Å². The fourth-order valence-corrected chi connectivity index (χ4v) is 5.27. The number of hydrogen-bond acceptors (Lipinski definition) is 7. The van der Waals surface area contributed by atoms with Crippen molar-refractivity contribution in [1.82, 2.24) is 24.3 Å². The number of carbonyl (C=O) groups is 2. The number of pyridine rings is 1. The second-order valence-electron chi connectivity index (χ2n) is 10.1. The van der Waals surface area contributed by atoms with Crippen molar-refractivity contribution >= 4 is 40.2 Å². The highest BCUT2D eigenvalue weighted by Crippen LogP contribution is 2.24. The summed E-state index contributed by atoms with van der Waals surface area (Å²) in [6.07, 6.45) is 3.84. The molecule has 4 heterocycles. The number of nitrogens with zero attached hydrogens (tertiary/aromatic N) is 6. The van der Waals surface area contributed by atoms with Crippen molar-refractivity contribution in [3.8, 4) is 0 Å². The Hall–Kier alpha value is -4.21. The number of aryl methyl sites for hydroxylation is 1. The first-order valence-electron chi connectivity index (χ1n) is 13.0. The first kappa shape index (κ1) is 25.4. The van der Waals surface area contributed by atoms with Crippen molar-refractivity contribution in [2.45, 2.75) is 32.9 Å². The summed E-state index contributed by atoms with van der Waals surface area (Å²) >= 11 is 0. The van der Waals surface area contributed by atoms with E-state index in [1.54, 1.807) is 34.7 Å². The molecule has 2 aliphatic heterocycles. The zero-order chi connectivity index (χ0) is 26.8. The van der Waals surface area contributed by atoms with Gasteiger partial charge in [-0.05, 0) is 55.7 Å². The zero-order valence-corrected chi connectivity index (χ0v) is 21.8. The van der Waals surface area contributed by atoms with E-state index in [0.29, 0.717) is 37.1 Å². The average Bonchev–Trinajstić information content (AvgIpc) is 2.88. The van der Waals surface area contributed by atoms with Crippen LogP contribution in [0.25, 0.3) is 11.0 Å². The summed E-state index contributed by atoms with van der Waals surface area (Å²) in [4.78, 5) is 51.2. The van der Waals surface area contributed by atoms with Crippen molar-refractivity contribution in [2.75, 3.05) is 42.9 Å². The first-order valence-corrected chi connectivity index (χ1v) is 13.0. The van der Waals surface area contributed by atoms with Gasteiger partial charge in [-0.25, -0.2) is 4.98 Å². The number of piperazine rings is 1. The lowest BCUT2D eigenvalue weighted by molar-refractivity contribution is -0.132. The molecule has 0 bridgehead atoms. The summed E-state index contributed by atoms with van der Waals surface area (Å²) < 4.78 is 1.69. The summed E-state index contributed by atoms with van der Waals surface area (Å²) in [6, 6.07) is 11.5. The number of carbonyl (C=O) groups excluding carboxylic acids is 2. The molecule has 2 aliphatic rings. The number of nitrogens with one attached hydrogen (secondary N) is 1. The van der Waals surface area contributed by atoms with Crippen molar-refractivity contribution in [3.63, 3.8) is 0 Å². The first-order chi connectivity index (χ1) is 18.3. The molecule has 2 saturated heterocycles. The maximum atomic E-state index is 12.7. The van der Waals surface area contributed by atoms with E-state index in [-0.39, 0.29) is 23.4 Å². The molecule has 0 radical (unpaired) electrons. The topological polar surface area (TPSA) is 104 Å². The van der Waals surface area contributed by atoms with E-state index in [9.17, 15) is 14.4 Å². The van der Waals surface area contributed by atoms with Gasteiger partial charge in [0, 0.05) is 81.3 Å². The van der Waals surface area contributed by atoms with E-state index in [0.717, 1.165) is 42.8 Å². The third kappa shape index (κ3) is 5.25. The predicted octanol–water partition coefficient (Wildman–Crippen LogP) is 2.63. The van der Waals surface area contributed by atoms with Gasteiger partial charge in [0.15, 0.2) is 0 Å². The summed E-state index contributed by atoms with van der Waals surface area (Å²) in [5.74, 6) is 0.837. The van der Waals surface area contributed by atoms with E-state index in [2.05, 4.69) is 45.8 Å². The van der Waals surface area contributed by atoms with Crippen molar-refractivity contribution < 1.29 is 9.59 Å². The van der Waals surface area contributed by atoms with Crippen LogP contribution in [0.5, 0.6) is 0 Å². The molecule has 2 fully saturated rings. The maximum Gasteiger partial charge on any atom is 0.252 e. The van der Waals surface area contributed by atoms with Gasteiger partial charge in [-0.1, -0.05) is 6.58 Å². The number of benzene rings is 1. The molecule has 2 amide bonds. The van der Waals surface area contributed by atoms with Crippen LogP contribution in [0.15, 0.2) is 60.0 Å². The van der Waals surface area contributed by atoms with Crippen LogP contribution in [0.3, 0.4) is 0 Å². The predicted molar refractivity (Wildman–Crippen MR) is 147 cm³/mol. The molecule has 0 saturated carbocycles. The van der Waals surface area contributed by atoms with E-state index in [4.69, 9.17) is 0 Å². The Labute approximate surface area is 221 Å². The van der Waals surface area contributed by atoms with E-state index in [1.807, 2.05) is 17.0 Å². The molecule has 1 aromatic carbocycles. The Balaban J connectivity index is 1.26. The van der Waals surface area contributed by atoms with Gasteiger partial charge >= 0.3 is 0 Å². The molecular weight excluding hydrogens is 482 g/mol. The van der Waals surface area contributed by atoms with Gasteiger partial charge in [0.05, 0.1) is 0 Å². The second kappa shape index (κ2) is 10.6. The van der Waals surface area contributed by atoms with Crippen LogP contribution in [0, 0.1) is 5.92 Å². The van der Waals surface area contributed by atoms with Crippen LogP contribution in [-0.2, 0) is 16.1 Å². The Kier molecular flexibility index (Phi) is 7.13. The highest BCUT2D eigenvalue weighted by Gasteiger charge is 2.29. The zero-order valence-electron chi connectivity index (χ0n) is 21.8. The van der Waals surface area contributed by atoms with E-state index < -0.39 is 0 Å². The number of likely N-dealkylation sites (tertiary alicyclic amines) is 1. The summed E-state index contributed by atoms with van der Waals surface area (Å²) in [7, 11) is 0. The monoisotopic (exact) mass is 515 g/mol. The lowest BCUT2D eigenvalue weighted by Crippen LogP contribution is -2.53. The molecule has 1 atom stereocenters. The summed E-state index contributed by atoms with van der Waals surface area (Å²) in [5.41, 5.74) is 2.42. The molecule has 198 valence electrons. The molecule has 3 aromatic rings. The van der Waals surface area contributed by atoms with Gasteiger partial charge < -0.3 is 20.0 Å². The minimum absolute atomic E-state index is 0.0508. The lowest BCUT2D eigenvalue weighted by atomic mass is 9.96. The Morgan fingerprint density at radius 1 is 1.11 bits per heavy atom. The van der Waals surface area contributed by atoms with Gasteiger partial charge in [-0.3, -0.25) is 19.0 Å². The molecular formula is C28H33N7O3. The van der Waals surface area contributed by atoms with Gasteiger partial charge in [-0.2, -0.15) is 4.98 Å². The number of hydrogen-bond donors (Lipinski definition) is 1. The van der Waals surface area contributed by atoms with Crippen LogP contribution >= 0.6 is 0 Å². The fraction of sp³-hybridized carbons (Fsp3) is 0.393. The van der Waals surface area contributed by atoms with Crippen LogP contribution < -0.4 is 15.8 Å². The maximum absolute atomic E-state index is 12.7. The van der Waals surface area contributed by atoms with E-state index in [1.165, 1.54) is 6.08 Å². The molecule has 5 rings (SSSR count). The van der Waals surface area contributed by atoms with Crippen LogP contribution in [0.1, 0.15) is 20.3 Å². The number of amides is 2. The molecule has 1 N–H and O–H groups in total. The summed E-state index contributed by atoms with van der Waals surface area (Å²) in [5, 5.41) is 4.05. The molecule has 38 heavy (non-hydrogen) atoms. The molecule has 0 spiro atoms. The van der Waals surface area contributed by atoms with Crippen molar-refractivity contribution in [3.05, 3.63) is 65.6 Å². The van der Waals surface area contributed by atoms with E-state index >= 15 is 0 Å². The molecule has 10 heteroatoms. The fourth-order valence-electron chi connectivity index (χ4n) is 5.27. The standard InChI is InChI=1S/C28H33N7O3/c1-4-25(37)33-17-21(18-33)11-12-35-26(38)10-5-22-15-29-28(31-27(22)35)30-23-6-8-24(9-7-23)32-13-14-34(20(3)36)19(2)16-32/h4-10,15,19,21H,1,11-14,16-18H2,2-3H3,(H,29,30,31)/t19-/m1/s1. The molecule has 10 nitrogen and oxygen atoms in total. The number of anilines is 3. The number of aromatic nitrogens is 3. The largest absolute Gasteiger partial charge is 0.368 e. The lowest BCUT2D eigenvalue weighted by Gasteiger charge is -2.40. The Morgan fingerprint density at radius 2 is 1.87 bits per heavy atom. The Morgan fingerprint density at radius 3 is 2.55 bits per heavy atom. The summed E-state index contributed by atoms with van der Waals surface area (Å²) in [6.45, 7) is 11.4. The highest BCUT2D eigenvalue weighted by atomic mass is 16.2. The third-order valence-corrected chi connectivity index (χ3v) is 7.45. The molecule has 0 unspecified atom stereocenters. The second-order valence-corrected chi connectivity index (χ2v) is 10.1. The van der Waals surface area contributed by atoms with Crippen molar-refractivity contribution in [2.24, 2.45) is 5.92 Å². The minimum Gasteiger partial charge on any atom is -0.368 e. The van der Waals surface area contributed by atoms with Crippen LogP contribution in [0.2, 0.25) is 0 Å².